The molecule has 1 heterocycles. The summed E-state index contributed by atoms with van der Waals surface area (Å²) in [4.78, 5) is 32.3. The third-order valence-electron chi connectivity index (χ3n) is 1.63. The van der Waals surface area contributed by atoms with E-state index < -0.39 is 11.9 Å². The molecule has 1 atom stereocenters. The van der Waals surface area contributed by atoms with E-state index in [0.717, 1.165) is 0 Å². The third kappa shape index (κ3) is 2.17. The minimum absolute atomic E-state index is 0.130. The lowest BCUT2D eigenvalue weighted by atomic mass is 10.0. The molecule has 0 fully saturated rings. The van der Waals surface area contributed by atoms with Gasteiger partial charge in [-0.2, -0.15) is 0 Å². The van der Waals surface area contributed by atoms with E-state index in [1.54, 1.807) is 6.92 Å². The Morgan fingerprint density at radius 3 is 2.80 bits per heavy atom. The van der Waals surface area contributed by atoms with Crippen LogP contribution < -0.4 is 5.43 Å². The molecule has 0 aromatic heterocycles. The van der Waals surface area contributed by atoms with E-state index in [4.69, 9.17) is 0 Å². The smallest absolute Gasteiger partial charge is 0.322 e. The molecular weight excluding hydrogens is 202 g/mol. The molecule has 0 saturated carbocycles. The van der Waals surface area contributed by atoms with Gasteiger partial charge in [-0.05, 0) is 6.92 Å². The van der Waals surface area contributed by atoms with Crippen molar-refractivity contribution in [1.82, 2.24) is 5.43 Å². The Bertz CT molecular complexity index is 402. The zero-order valence-corrected chi connectivity index (χ0v) is 7.81. The van der Waals surface area contributed by atoms with Gasteiger partial charge < -0.3 is 4.74 Å². The first-order valence-electron chi connectivity index (χ1n) is 4.08. The third-order valence-corrected chi connectivity index (χ3v) is 1.63. The fourth-order valence-corrected chi connectivity index (χ4v) is 1.01. The van der Waals surface area contributed by atoms with Gasteiger partial charge in [0.25, 0.3) is 0 Å². The summed E-state index contributed by atoms with van der Waals surface area (Å²) >= 11 is 0. The van der Waals surface area contributed by atoms with Crippen LogP contribution in [0, 0.1) is 5.92 Å². The Balaban J connectivity index is 3.08. The first-order chi connectivity index (χ1) is 7.24. The summed E-state index contributed by atoms with van der Waals surface area (Å²) in [6.45, 7) is 1.73. The van der Waals surface area contributed by atoms with Gasteiger partial charge in [-0.1, -0.05) is 5.22 Å². The number of carbonyl (C=O) groups excluding carboxylic acids is 3. The fourth-order valence-electron chi connectivity index (χ4n) is 1.01. The number of ether oxygens (including phenoxy) is 1. The summed E-state index contributed by atoms with van der Waals surface area (Å²) in [5.41, 5.74) is 1.67. The molecule has 7 nitrogen and oxygen atoms in total. The van der Waals surface area contributed by atoms with E-state index in [0.29, 0.717) is 0 Å². The molecule has 0 aromatic rings. The largest absolute Gasteiger partial charge is 0.465 e. The highest BCUT2D eigenvalue weighted by atomic mass is 16.5. The Kier molecular flexibility index (Phi) is 3.51. The molecule has 0 bridgehead atoms. The lowest BCUT2D eigenvalue weighted by Gasteiger charge is -2.16. The van der Waals surface area contributed by atoms with E-state index in [1.165, 1.54) is 11.9 Å². The van der Waals surface area contributed by atoms with Gasteiger partial charge in [0.1, 0.15) is 11.6 Å². The van der Waals surface area contributed by atoms with Crippen LogP contribution in [0.5, 0.6) is 0 Å². The van der Waals surface area contributed by atoms with Crippen LogP contribution in [0.1, 0.15) is 6.92 Å². The van der Waals surface area contributed by atoms with Crippen molar-refractivity contribution < 1.29 is 19.1 Å². The van der Waals surface area contributed by atoms with E-state index in [1.807, 2.05) is 0 Å². The van der Waals surface area contributed by atoms with Gasteiger partial charge in [0, 0.05) is 0 Å². The van der Waals surface area contributed by atoms with Crippen molar-refractivity contribution >= 4 is 17.9 Å². The fraction of sp³-hybridized carbons (Fsp3) is 0.375. The van der Waals surface area contributed by atoms with E-state index in [2.05, 4.69) is 20.5 Å². The zero-order valence-electron chi connectivity index (χ0n) is 7.81. The highest BCUT2D eigenvalue weighted by molar-refractivity contribution is 5.85. The Labute approximate surface area is 84.5 Å². The summed E-state index contributed by atoms with van der Waals surface area (Å²) in [6.07, 6.45) is 0. The van der Waals surface area contributed by atoms with Crippen molar-refractivity contribution in [1.29, 1.82) is 0 Å². The second kappa shape index (κ2) is 4.85. The van der Waals surface area contributed by atoms with Crippen LogP contribution in [-0.2, 0) is 19.1 Å². The molecular formula is C8H7N3O4. The molecule has 1 aliphatic rings. The maximum atomic E-state index is 11.4. The molecule has 7 heteroatoms. The average Bonchev–Trinajstić information content (AvgIpc) is 2.28. The van der Waals surface area contributed by atoms with Crippen molar-refractivity contribution in [2.75, 3.05) is 6.61 Å². The molecule has 0 aliphatic carbocycles. The Morgan fingerprint density at radius 2 is 2.27 bits per heavy atom. The number of carbonyl (C=O) groups is 1. The van der Waals surface area contributed by atoms with E-state index in [9.17, 15) is 14.4 Å². The average molecular weight is 209 g/mol. The van der Waals surface area contributed by atoms with Crippen molar-refractivity contribution in [2.45, 2.75) is 6.92 Å². The van der Waals surface area contributed by atoms with E-state index >= 15 is 0 Å². The quantitative estimate of drug-likeness (QED) is 0.491. The van der Waals surface area contributed by atoms with Gasteiger partial charge in [-0.15, -0.1) is 5.11 Å². The summed E-state index contributed by atoms with van der Waals surface area (Å²) in [6, 6.07) is 0. The highest BCUT2D eigenvalue weighted by Gasteiger charge is 2.33. The minimum atomic E-state index is -1.21. The van der Waals surface area contributed by atoms with Gasteiger partial charge in [0.15, 0.2) is 17.6 Å². The van der Waals surface area contributed by atoms with Gasteiger partial charge in [0.05, 0.1) is 6.61 Å². The molecule has 1 aliphatic heterocycles. The maximum absolute atomic E-state index is 11.4. The van der Waals surface area contributed by atoms with Gasteiger partial charge >= 0.3 is 5.97 Å². The molecule has 1 N–H and O–H groups in total. The summed E-state index contributed by atoms with van der Waals surface area (Å²) in [5, 5.41) is 6.58. The van der Waals surface area contributed by atoms with Crippen molar-refractivity contribution in [3.63, 3.8) is 0 Å². The SMILES string of the molecule is CCOC(=O)C1C(=C=O)N=NNC1=C=O. The Hall–Kier alpha value is -2.23. The molecule has 0 aromatic carbocycles. The summed E-state index contributed by atoms with van der Waals surface area (Å²) in [7, 11) is 0. The summed E-state index contributed by atoms with van der Waals surface area (Å²) < 4.78 is 4.67. The number of nitrogens with one attached hydrogen (secondary N) is 1. The Morgan fingerprint density at radius 1 is 1.53 bits per heavy atom. The van der Waals surface area contributed by atoms with Gasteiger partial charge in [-0.3, -0.25) is 10.2 Å². The first kappa shape index (κ1) is 10.8. The van der Waals surface area contributed by atoms with Crippen LogP contribution in [0.15, 0.2) is 21.7 Å². The standard InChI is InChI=1S/C8H7N3O4/c1-2-15-8(14)7-5(3-12)9-11-10-6(7)4-13/h7H,2H2,1H3,(H,9,10). The maximum Gasteiger partial charge on any atom is 0.322 e. The second-order valence-electron chi connectivity index (χ2n) is 2.50. The van der Waals surface area contributed by atoms with E-state index in [-0.39, 0.29) is 18.0 Å². The molecule has 0 radical (unpaired) electrons. The number of hydrogen-bond donors (Lipinski definition) is 1. The van der Waals surface area contributed by atoms with Crippen LogP contribution in [0.3, 0.4) is 0 Å². The monoisotopic (exact) mass is 209 g/mol. The molecule has 0 spiro atoms. The first-order valence-corrected chi connectivity index (χ1v) is 4.08. The van der Waals surface area contributed by atoms with Crippen molar-refractivity contribution in [2.24, 2.45) is 16.3 Å². The van der Waals surface area contributed by atoms with Crippen LogP contribution >= 0.6 is 0 Å². The molecule has 1 unspecified atom stereocenters. The number of esters is 1. The minimum Gasteiger partial charge on any atom is -0.465 e. The normalized spacial score (nSPS) is 18.9. The second-order valence-corrected chi connectivity index (χ2v) is 2.50. The topological polar surface area (TPSA) is 97.2 Å². The molecule has 0 saturated heterocycles. The van der Waals surface area contributed by atoms with Gasteiger partial charge in [0.2, 0.25) is 0 Å². The molecule has 1 rings (SSSR count). The van der Waals surface area contributed by atoms with Gasteiger partial charge in [-0.25, -0.2) is 9.59 Å². The number of hydrogen-bond acceptors (Lipinski definition) is 7. The number of rotatable bonds is 2. The highest BCUT2D eigenvalue weighted by Crippen LogP contribution is 2.21. The molecule has 15 heavy (non-hydrogen) atoms. The lowest BCUT2D eigenvalue weighted by molar-refractivity contribution is -0.145. The molecule has 78 valence electrons. The number of nitrogens with zero attached hydrogens (tertiary/aromatic N) is 2. The predicted octanol–water partition coefficient (Wildman–Crippen LogP) is -0.433. The van der Waals surface area contributed by atoms with Crippen molar-refractivity contribution in [3.05, 3.63) is 11.4 Å². The van der Waals surface area contributed by atoms with Crippen molar-refractivity contribution in [3.8, 4) is 0 Å². The molecule has 0 amide bonds. The van der Waals surface area contributed by atoms with Crippen LogP contribution in [0.25, 0.3) is 0 Å². The predicted molar refractivity (Wildman–Crippen MR) is 46.5 cm³/mol. The van der Waals surface area contributed by atoms with Crippen LogP contribution in [0.4, 0.5) is 0 Å². The summed E-state index contributed by atoms with van der Waals surface area (Å²) in [5.74, 6) is 0.908. The van der Waals surface area contributed by atoms with Crippen LogP contribution in [0.2, 0.25) is 0 Å². The zero-order chi connectivity index (χ0) is 11.3. The van der Waals surface area contributed by atoms with Crippen LogP contribution in [-0.4, -0.2) is 24.5 Å². The lowest BCUT2D eigenvalue weighted by Crippen LogP contribution is -2.30.